The first-order valence-corrected chi connectivity index (χ1v) is 6.92. The third-order valence-electron chi connectivity index (χ3n) is 3.09. The van der Waals surface area contributed by atoms with Gasteiger partial charge in [0, 0.05) is 43.8 Å². The molecule has 5 heteroatoms. The van der Waals surface area contributed by atoms with Crippen LogP contribution in [0.25, 0.3) is 0 Å². The third kappa shape index (κ3) is 3.04. The first-order chi connectivity index (χ1) is 8.22. The average molecular weight is 254 g/mol. The standard InChI is InChI=1S/C12H18N2O2S/c1-2-11-13-10(8-17-11)3-4-14-6-9(7-15)5-12(14)16/h8-9,15H,2-7H2,1H3. The van der Waals surface area contributed by atoms with Gasteiger partial charge in [-0.3, -0.25) is 4.79 Å². The van der Waals surface area contributed by atoms with Gasteiger partial charge in [-0.15, -0.1) is 11.3 Å². The van der Waals surface area contributed by atoms with E-state index in [0.29, 0.717) is 13.0 Å². The normalized spacial score (nSPS) is 20.2. The summed E-state index contributed by atoms with van der Waals surface area (Å²) in [6.07, 6.45) is 2.29. The van der Waals surface area contributed by atoms with Crippen molar-refractivity contribution in [1.82, 2.24) is 9.88 Å². The fourth-order valence-corrected chi connectivity index (χ4v) is 2.85. The van der Waals surface area contributed by atoms with E-state index in [0.717, 1.165) is 30.1 Å². The van der Waals surface area contributed by atoms with Crippen LogP contribution >= 0.6 is 11.3 Å². The largest absolute Gasteiger partial charge is 0.396 e. The number of nitrogens with zero attached hydrogens (tertiary/aromatic N) is 2. The Balaban J connectivity index is 1.84. The third-order valence-corrected chi connectivity index (χ3v) is 4.13. The second-order valence-electron chi connectivity index (χ2n) is 4.43. The molecule has 1 aromatic rings. The zero-order valence-corrected chi connectivity index (χ0v) is 10.9. The second-order valence-corrected chi connectivity index (χ2v) is 5.37. The van der Waals surface area contributed by atoms with Gasteiger partial charge in [0.25, 0.3) is 0 Å². The van der Waals surface area contributed by atoms with Crippen molar-refractivity contribution in [2.75, 3.05) is 19.7 Å². The highest BCUT2D eigenvalue weighted by Crippen LogP contribution is 2.18. The first kappa shape index (κ1) is 12.5. The van der Waals surface area contributed by atoms with Gasteiger partial charge in [0.15, 0.2) is 0 Å². The van der Waals surface area contributed by atoms with Gasteiger partial charge >= 0.3 is 0 Å². The van der Waals surface area contributed by atoms with E-state index in [1.807, 2.05) is 4.90 Å². The van der Waals surface area contributed by atoms with Gasteiger partial charge < -0.3 is 10.0 Å². The summed E-state index contributed by atoms with van der Waals surface area (Å²) in [7, 11) is 0. The average Bonchev–Trinajstić information content (AvgIpc) is 2.93. The van der Waals surface area contributed by atoms with Crippen molar-refractivity contribution in [3.63, 3.8) is 0 Å². The Labute approximate surface area is 105 Å². The van der Waals surface area contributed by atoms with E-state index >= 15 is 0 Å². The molecule has 1 aromatic heterocycles. The summed E-state index contributed by atoms with van der Waals surface area (Å²) >= 11 is 1.68. The maximum Gasteiger partial charge on any atom is 0.223 e. The molecule has 0 bridgehead atoms. The van der Waals surface area contributed by atoms with Gasteiger partial charge in [-0.2, -0.15) is 0 Å². The highest BCUT2D eigenvalue weighted by molar-refractivity contribution is 7.09. The number of aliphatic hydroxyl groups excluding tert-OH is 1. The molecule has 4 nitrogen and oxygen atoms in total. The zero-order chi connectivity index (χ0) is 12.3. The van der Waals surface area contributed by atoms with Crippen molar-refractivity contribution in [3.05, 3.63) is 16.1 Å². The van der Waals surface area contributed by atoms with Gasteiger partial charge in [-0.1, -0.05) is 6.92 Å². The molecule has 1 amide bonds. The predicted molar refractivity (Wildman–Crippen MR) is 67.0 cm³/mol. The SMILES string of the molecule is CCc1nc(CCN2CC(CO)CC2=O)cs1. The Kier molecular flexibility index (Phi) is 4.12. The maximum absolute atomic E-state index is 11.6. The number of aromatic nitrogens is 1. The molecule has 1 unspecified atom stereocenters. The van der Waals surface area contributed by atoms with Gasteiger partial charge in [0.05, 0.1) is 10.7 Å². The van der Waals surface area contributed by atoms with Gasteiger partial charge in [-0.05, 0) is 6.42 Å². The summed E-state index contributed by atoms with van der Waals surface area (Å²) in [6, 6.07) is 0. The summed E-state index contributed by atoms with van der Waals surface area (Å²) in [5, 5.41) is 12.3. The molecule has 1 aliphatic heterocycles. The lowest BCUT2D eigenvalue weighted by Gasteiger charge is -2.15. The number of amides is 1. The molecule has 1 fully saturated rings. The summed E-state index contributed by atoms with van der Waals surface area (Å²) in [6.45, 7) is 3.62. The molecular weight excluding hydrogens is 236 g/mol. The first-order valence-electron chi connectivity index (χ1n) is 6.04. The fourth-order valence-electron chi connectivity index (χ4n) is 2.07. The number of hydrogen-bond donors (Lipinski definition) is 1. The lowest BCUT2D eigenvalue weighted by molar-refractivity contribution is -0.127. The Morgan fingerprint density at radius 2 is 2.47 bits per heavy atom. The molecule has 1 N–H and O–H groups in total. The predicted octanol–water partition coefficient (Wildman–Crippen LogP) is 1.09. The number of carbonyl (C=O) groups excluding carboxylic acids is 1. The fraction of sp³-hybridized carbons (Fsp3) is 0.667. The highest BCUT2D eigenvalue weighted by atomic mass is 32.1. The number of thiazole rings is 1. The van der Waals surface area contributed by atoms with Gasteiger partial charge in [0.2, 0.25) is 5.91 Å². The van der Waals surface area contributed by atoms with E-state index in [-0.39, 0.29) is 18.4 Å². The molecule has 0 spiro atoms. The summed E-state index contributed by atoms with van der Waals surface area (Å²) in [5.41, 5.74) is 1.08. The quantitative estimate of drug-likeness (QED) is 0.855. The minimum Gasteiger partial charge on any atom is -0.396 e. The monoisotopic (exact) mass is 254 g/mol. The number of aryl methyl sites for hydroxylation is 1. The van der Waals surface area contributed by atoms with Crippen LogP contribution in [0.5, 0.6) is 0 Å². The summed E-state index contributed by atoms with van der Waals surface area (Å²) in [5.74, 6) is 0.291. The summed E-state index contributed by atoms with van der Waals surface area (Å²) in [4.78, 5) is 17.9. The topological polar surface area (TPSA) is 53.4 Å². The van der Waals surface area contributed by atoms with E-state index < -0.39 is 0 Å². The molecule has 0 aliphatic carbocycles. The van der Waals surface area contributed by atoms with E-state index in [2.05, 4.69) is 17.3 Å². The van der Waals surface area contributed by atoms with Crippen LogP contribution in [0.4, 0.5) is 0 Å². The highest BCUT2D eigenvalue weighted by Gasteiger charge is 2.28. The van der Waals surface area contributed by atoms with E-state index in [9.17, 15) is 4.79 Å². The number of carbonyl (C=O) groups is 1. The van der Waals surface area contributed by atoms with E-state index in [1.54, 1.807) is 11.3 Å². The molecule has 17 heavy (non-hydrogen) atoms. The van der Waals surface area contributed by atoms with Gasteiger partial charge in [-0.25, -0.2) is 4.98 Å². The maximum atomic E-state index is 11.6. The molecule has 0 saturated carbocycles. The lowest BCUT2D eigenvalue weighted by Crippen LogP contribution is -2.27. The van der Waals surface area contributed by atoms with E-state index in [1.165, 1.54) is 0 Å². The number of hydrogen-bond acceptors (Lipinski definition) is 4. The molecule has 94 valence electrons. The molecule has 2 heterocycles. The van der Waals surface area contributed by atoms with Crippen LogP contribution in [0.1, 0.15) is 24.0 Å². The van der Waals surface area contributed by atoms with Crippen LogP contribution < -0.4 is 0 Å². The molecule has 0 aromatic carbocycles. The number of aliphatic hydroxyl groups is 1. The Morgan fingerprint density at radius 1 is 1.65 bits per heavy atom. The van der Waals surface area contributed by atoms with Crippen molar-refractivity contribution in [1.29, 1.82) is 0 Å². The Hall–Kier alpha value is -0.940. The molecule has 1 aliphatic rings. The van der Waals surface area contributed by atoms with E-state index in [4.69, 9.17) is 5.11 Å². The van der Waals surface area contributed by atoms with Crippen LogP contribution in [-0.4, -0.2) is 40.6 Å². The van der Waals surface area contributed by atoms with Gasteiger partial charge in [0.1, 0.15) is 0 Å². The summed E-state index contributed by atoms with van der Waals surface area (Å²) < 4.78 is 0. The number of rotatable bonds is 5. The molecule has 1 saturated heterocycles. The van der Waals surface area contributed by atoms with Crippen molar-refractivity contribution in [3.8, 4) is 0 Å². The minimum absolute atomic E-state index is 0.110. The smallest absolute Gasteiger partial charge is 0.223 e. The molecule has 0 radical (unpaired) electrons. The molecule has 1 atom stereocenters. The minimum atomic E-state index is 0.110. The van der Waals surface area contributed by atoms with Crippen molar-refractivity contribution in [2.24, 2.45) is 5.92 Å². The van der Waals surface area contributed by atoms with Crippen molar-refractivity contribution < 1.29 is 9.90 Å². The van der Waals surface area contributed by atoms with Crippen molar-refractivity contribution >= 4 is 17.2 Å². The molecular formula is C12H18N2O2S. The second kappa shape index (κ2) is 5.60. The zero-order valence-electron chi connectivity index (χ0n) is 10.1. The van der Waals surface area contributed by atoms with Crippen LogP contribution in [0.3, 0.4) is 0 Å². The lowest BCUT2D eigenvalue weighted by atomic mass is 10.1. The van der Waals surface area contributed by atoms with Crippen LogP contribution in [0, 0.1) is 5.92 Å². The Morgan fingerprint density at radius 3 is 3.06 bits per heavy atom. The number of likely N-dealkylation sites (tertiary alicyclic amines) is 1. The van der Waals surface area contributed by atoms with Crippen molar-refractivity contribution in [2.45, 2.75) is 26.2 Å². The molecule has 2 rings (SSSR count). The van der Waals surface area contributed by atoms with Crippen LogP contribution in [0.2, 0.25) is 0 Å². The Bertz CT molecular complexity index is 392. The van der Waals surface area contributed by atoms with Crippen LogP contribution in [-0.2, 0) is 17.6 Å². The van der Waals surface area contributed by atoms with Crippen LogP contribution in [0.15, 0.2) is 5.38 Å².